The second-order valence-corrected chi connectivity index (χ2v) is 7.96. The lowest BCUT2D eigenvalue weighted by Crippen LogP contribution is -2.35. The number of hydrogen-bond donors (Lipinski definition) is 1. The van der Waals surface area contributed by atoms with Crippen molar-refractivity contribution in [2.75, 3.05) is 7.11 Å². The summed E-state index contributed by atoms with van der Waals surface area (Å²) in [7, 11) is 1.43. The van der Waals surface area contributed by atoms with Gasteiger partial charge in [-0.1, -0.05) is 13.0 Å². The summed E-state index contributed by atoms with van der Waals surface area (Å²) in [5.41, 5.74) is 6.95. The zero-order chi connectivity index (χ0) is 22.8. The normalized spacial score (nSPS) is 13.3. The van der Waals surface area contributed by atoms with E-state index in [-0.39, 0.29) is 41.7 Å². The number of Topliss-reactive ketones (excluding diaryl/α,β-unsaturated/α-hetero) is 1. The SMILES string of the molecule is CCC(C)(N)CCC(=O)c1c(OC)nc2c(OCc3c(F)cccc3F)cc(C)cn12. The van der Waals surface area contributed by atoms with Crippen molar-refractivity contribution in [1.82, 2.24) is 9.38 Å². The van der Waals surface area contributed by atoms with Crippen LogP contribution in [0.25, 0.3) is 5.65 Å². The van der Waals surface area contributed by atoms with Crippen LogP contribution in [0.5, 0.6) is 11.6 Å². The maximum Gasteiger partial charge on any atom is 0.243 e. The number of benzene rings is 1. The number of halogens is 2. The Morgan fingerprint density at radius 1 is 1.29 bits per heavy atom. The molecule has 6 nitrogen and oxygen atoms in total. The van der Waals surface area contributed by atoms with E-state index >= 15 is 0 Å². The van der Waals surface area contributed by atoms with Gasteiger partial charge >= 0.3 is 0 Å². The monoisotopic (exact) mass is 431 g/mol. The number of carbonyl (C=O) groups excluding carboxylic acids is 1. The van der Waals surface area contributed by atoms with E-state index in [0.717, 1.165) is 12.0 Å². The molecule has 31 heavy (non-hydrogen) atoms. The van der Waals surface area contributed by atoms with Crippen LogP contribution in [0, 0.1) is 18.6 Å². The molecular formula is C23H27F2N3O3. The summed E-state index contributed by atoms with van der Waals surface area (Å²) >= 11 is 0. The number of nitrogens with two attached hydrogens (primary N) is 1. The molecule has 0 saturated heterocycles. The first kappa shape index (κ1) is 22.7. The molecule has 0 spiro atoms. The lowest BCUT2D eigenvalue weighted by molar-refractivity contribution is 0.0962. The summed E-state index contributed by atoms with van der Waals surface area (Å²) in [4.78, 5) is 17.4. The van der Waals surface area contributed by atoms with Crippen LogP contribution in [0.2, 0.25) is 0 Å². The number of pyridine rings is 1. The molecule has 0 amide bonds. The molecule has 0 bridgehead atoms. The summed E-state index contributed by atoms with van der Waals surface area (Å²) in [6.45, 7) is 5.39. The molecule has 2 aromatic heterocycles. The average Bonchev–Trinajstić information content (AvgIpc) is 3.10. The molecule has 3 rings (SSSR count). The zero-order valence-corrected chi connectivity index (χ0v) is 18.2. The highest BCUT2D eigenvalue weighted by Crippen LogP contribution is 2.30. The summed E-state index contributed by atoms with van der Waals surface area (Å²) in [6, 6.07) is 5.33. The van der Waals surface area contributed by atoms with Gasteiger partial charge in [-0.05, 0) is 50.5 Å². The molecule has 0 fully saturated rings. The second-order valence-electron chi connectivity index (χ2n) is 7.96. The predicted octanol–water partition coefficient (Wildman–Crippen LogP) is 4.60. The van der Waals surface area contributed by atoms with E-state index in [0.29, 0.717) is 12.1 Å². The smallest absolute Gasteiger partial charge is 0.243 e. The molecule has 0 radical (unpaired) electrons. The van der Waals surface area contributed by atoms with Crippen LogP contribution in [-0.4, -0.2) is 27.8 Å². The molecule has 0 aliphatic carbocycles. The van der Waals surface area contributed by atoms with Gasteiger partial charge in [-0.2, -0.15) is 4.98 Å². The Kier molecular flexibility index (Phi) is 6.59. The van der Waals surface area contributed by atoms with E-state index in [2.05, 4.69) is 4.98 Å². The minimum atomic E-state index is -0.693. The summed E-state index contributed by atoms with van der Waals surface area (Å²) in [5.74, 6) is -1.10. The van der Waals surface area contributed by atoms with Crippen molar-refractivity contribution in [2.24, 2.45) is 5.73 Å². The third-order valence-electron chi connectivity index (χ3n) is 5.41. The number of aromatic nitrogens is 2. The molecule has 1 aromatic carbocycles. The van der Waals surface area contributed by atoms with Crippen LogP contribution >= 0.6 is 0 Å². The van der Waals surface area contributed by atoms with Gasteiger partial charge in [0.1, 0.15) is 18.2 Å². The Hall–Kier alpha value is -3.00. The first-order valence-electron chi connectivity index (χ1n) is 10.1. The van der Waals surface area contributed by atoms with Gasteiger partial charge in [0.15, 0.2) is 22.9 Å². The Morgan fingerprint density at radius 2 is 1.97 bits per heavy atom. The van der Waals surface area contributed by atoms with Crippen molar-refractivity contribution in [3.05, 3.63) is 58.9 Å². The number of hydrogen-bond acceptors (Lipinski definition) is 5. The van der Waals surface area contributed by atoms with Crippen molar-refractivity contribution >= 4 is 11.4 Å². The molecule has 1 atom stereocenters. The molecule has 0 aliphatic rings. The number of imidazole rings is 1. The molecule has 166 valence electrons. The van der Waals surface area contributed by atoms with Gasteiger partial charge in [0.05, 0.1) is 12.7 Å². The quantitative estimate of drug-likeness (QED) is 0.501. The molecule has 0 saturated carbocycles. The number of methoxy groups -OCH3 is 1. The van der Waals surface area contributed by atoms with Gasteiger partial charge < -0.3 is 15.2 Å². The van der Waals surface area contributed by atoms with E-state index in [9.17, 15) is 13.6 Å². The Morgan fingerprint density at radius 3 is 2.58 bits per heavy atom. The molecule has 8 heteroatoms. The third-order valence-corrected chi connectivity index (χ3v) is 5.41. The summed E-state index contributed by atoms with van der Waals surface area (Å²) in [5, 5.41) is 0. The minimum absolute atomic E-state index is 0.160. The van der Waals surface area contributed by atoms with E-state index in [1.54, 1.807) is 16.7 Å². The van der Waals surface area contributed by atoms with E-state index in [1.165, 1.54) is 25.3 Å². The minimum Gasteiger partial charge on any atom is -0.485 e. The fraction of sp³-hybridized carbons (Fsp3) is 0.391. The first-order valence-corrected chi connectivity index (χ1v) is 10.1. The molecular weight excluding hydrogens is 404 g/mol. The van der Waals surface area contributed by atoms with E-state index in [4.69, 9.17) is 15.2 Å². The van der Waals surface area contributed by atoms with Gasteiger partial charge in [-0.25, -0.2) is 8.78 Å². The highest BCUT2D eigenvalue weighted by atomic mass is 19.1. The van der Waals surface area contributed by atoms with Crippen LogP contribution < -0.4 is 15.2 Å². The molecule has 2 heterocycles. The van der Waals surface area contributed by atoms with Crippen LogP contribution in [0.1, 0.15) is 54.7 Å². The Bertz CT molecular complexity index is 1090. The Labute approximate surface area is 180 Å². The lowest BCUT2D eigenvalue weighted by Gasteiger charge is -2.21. The maximum absolute atomic E-state index is 14.0. The van der Waals surface area contributed by atoms with Crippen molar-refractivity contribution in [1.29, 1.82) is 0 Å². The zero-order valence-electron chi connectivity index (χ0n) is 18.2. The van der Waals surface area contributed by atoms with Gasteiger partial charge in [-0.3, -0.25) is 9.20 Å². The molecule has 3 aromatic rings. The fourth-order valence-corrected chi connectivity index (χ4v) is 3.24. The summed E-state index contributed by atoms with van der Waals surface area (Å²) < 4.78 is 40.6. The largest absolute Gasteiger partial charge is 0.485 e. The highest BCUT2D eigenvalue weighted by Gasteiger charge is 2.25. The molecule has 0 aliphatic heterocycles. The molecule has 2 N–H and O–H groups in total. The predicted molar refractivity (Wildman–Crippen MR) is 114 cm³/mol. The third kappa shape index (κ3) is 4.85. The lowest BCUT2D eigenvalue weighted by atomic mass is 9.92. The first-order chi connectivity index (χ1) is 14.7. The number of fused-ring (bicyclic) bond motifs is 1. The topological polar surface area (TPSA) is 78.9 Å². The number of rotatable bonds is 9. The fourth-order valence-electron chi connectivity index (χ4n) is 3.24. The van der Waals surface area contributed by atoms with Gasteiger partial charge in [0, 0.05) is 18.2 Å². The maximum atomic E-state index is 14.0. The van der Waals surface area contributed by atoms with E-state index < -0.39 is 17.2 Å². The van der Waals surface area contributed by atoms with Crippen molar-refractivity contribution < 1.29 is 23.0 Å². The van der Waals surface area contributed by atoms with Crippen LogP contribution in [0.4, 0.5) is 8.78 Å². The number of ketones is 1. The highest BCUT2D eigenvalue weighted by molar-refractivity contribution is 5.98. The second kappa shape index (κ2) is 9.01. The number of nitrogens with zero attached hydrogens (tertiary/aromatic N) is 2. The summed E-state index contributed by atoms with van der Waals surface area (Å²) in [6.07, 6.45) is 3.24. The van der Waals surface area contributed by atoms with Crippen LogP contribution in [0.15, 0.2) is 30.5 Å². The van der Waals surface area contributed by atoms with Gasteiger partial charge in [-0.15, -0.1) is 0 Å². The van der Waals surface area contributed by atoms with Crippen LogP contribution in [0.3, 0.4) is 0 Å². The molecule has 1 unspecified atom stereocenters. The Balaban J connectivity index is 1.97. The van der Waals surface area contributed by atoms with Crippen molar-refractivity contribution in [3.63, 3.8) is 0 Å². The number of ether oxygens (including phenoxy) is 2. The van der Waals surface area contributed by atoms with Crippen molar-refractivity contribution in [3.8, 4) is 11.6 Å². The number of carbonyl (C=O) groups is 1. The standard InChI is InChI=1S/C23H27F2N3O3/c1-5-23(3,26)10-9-18(29)20-22(30-4)27-21-19(11-14(2)12-28(20)21)31-13-15-16(24)7-6-8-17(15)25/h6-8,11-12H,5,9-10,13,26H2,1-4H3. The van der Waals surface area contributed by atoms with Crippen LogP contribution in [-0.2, 0) is 6.61 Å². The average molecular weight is 431 g/mol. The van der Waals surface area contributed by atoms with Gasteiger partial charge in [0.2, 0.25) is 5.88 Å². The van der Waals surface area contributed by atoms with Gasteiger partial charge in [0.25, 0.3) is 0 Å². The van der Waals surface area contributed by atoms with E-state index in [1.807, 2.05) is 20.8 Å². The number of aryl methyl sites for hydroxylation is 1. The van der Waals surface area contributed by atoms with Crippen molar-refractivity contribution in [2.45, 2.75) is 52.2 Å².